The monoisotopic (exact) mass is 281 g/mol. The molecule has 1 saturated carbocycles. The van der Waals surface area contributed by atoms with Crippen LogP contribution in [0.25, 0.3) is 10.2 Å². The number of aromatic nitrogens is 2. The van der Waals surface area contributed by atoms with Gasteiger partial charge in [0.2, 0.25) is 0 Å². The molecule has 3 nitrogen and oxygen atoms in total. The van der Waals surface area contributed by atoms with E-state index < -0.39 is 0 Å². The lowest BCUT2D eigenvalue weighted by molar-refractivity contribution is 0.168. The molecule has 0 spiro atoms. The zero-order valence-electron chi connectivity index (χ0n) is 10.7. The number of nitrogens with zero attached hydrogens (tertiary/aromatic N) is 2. The van der Waals surface area contributed by atoms with E-state index in [1.807, 2.05) is 0 Å². The summed E-state index contributed by atoms with van der Waals surface area (Å²) < 4.78 is 0. The minimum Gasteiger partial charge on any atom is -0.366 e. The Bertz CT molecular complexity index is 593. The highest BCUT2D eigenvalue weighted by Crippen LogP contribution is 2.46. The van der Waals surface area contributed by atoms with E-state index in [2.05, 4.69) is 42.1 Å². The van der Waals surface area contributed by atoms with Crippen molar-refractivity contribution in [2.24, 2.45) is 5.41 Å². The van der Waals surface area contributed by atoms with Gasteiger partial charge in [-0.3, -0.25) is 0 Å². The van der Waals surface area contributed by atoms with Gasteiger partial charge in [-0.05, 0) is 19.4 Å². The number of anilines is 1. The lowest BCUT2D eigenvalue weighted by atomic mass is 9.67. The van der Waals surface area contributed by atoms with Gasteiger partial charge in [0.25, 0.3) is 0 Å². The number of fused-ring (bicyclic) bond motifs is 1. The van der Waals surface area contributed by atoms with Gasteiger partial charge >= 0.3 is 0 Å². The number of halogens is 1. The zero-order chi connectivity index (χ0) is 12.9. The standard InChI is InChI=1S/C13H16ClN3S/c1-7-4-8-11(15-6-16-12(8)18-7)17-10-5-9(14)13(10,2)3/h4,6,9-10H,5H2,1-3H3,(H,15,16,17). The first-order valence-corrected chi connectivity index (χ1v) is 7.35. The first kappa shape index (κ1) is 12.2. The van der Waals surface area contributed by atoms with Crippen LogP contribution < -0.4 is 5.32 Å². The van der Waals surface area contributed by atoms with E-state index in [4.69, 9.17) is 11.6 Å². The van der Waals surface area contributed by atoms with E-state index in [1.165, 1.54) is 4.88 Å². The normalized spacial score (nSPS) is 26.0. The van der Waals surface area contributed by atoms with E-state index >= 15 is 0 Å². The van der Waals surface area contributed by atoms with Gasteiger partial charge in [-0.2, -0.15) is 0 Å². The van der Waals surface area contributed by atoms with Crippen LogP contribution in [0.1, 0.15) is 25.1 Å². The molecule has 3 rings (SSSR count). The molecule has 0 radical (unpaired) electrons. The Balaban J connectivity index is 1.92. The molecule has 1 fully saturated rings. The van der Waals surface area contributed by atoms with E-state index in [1.54, 1.807) is 17.7 Å². The Labute approximate surface area is 116 Å². The maximum absolute atomic E-state index is 6.25. The summed E-state index contributed by atoms with van der Waals surface area (Å²) in [6, 6.07) is 2.53. The third-order valence-electron chi connectivity index (χ3n) is 3.91. The molecule has 2 atom stereocenters. The summed E-state index contributed by atoms with van der Waals surface area (Å²) in [7, 11) is 0. The van der Waals surface area contributed by atoms with Crippen LogP contribution in [0, 0.1) is 12.3 Å². The Hall–Kier alpha value is -0.870. The number of rotatable bonds is 2. The molecular formula is C13H16ClN3S. The fraction of sp³-hybridized carbons (Fsp3) is 0.538. The number of hydrogen-bond acceptors (Lipinski definition) is 4. The molecule has 1 aliphatic carbocycles. The average Bonchev–Trinajstić information content (AvgIpc) is 2.70. The summed E-state index contributed by atoms with van der Waals surface area (Å²) in [6.45, 7) is 6.49. The SMILES string of the molecule is Cc1cc2c(NC3CC(Cl)C3(C)C)ncnc2s1. The van der Waals surface area contributed by atoms with E-state index in [0.717, 1.165) is 22.5 Å². The highest BCUT2D eigenvalue weighted by molar-refractivity contribution is 7.18. The molecule has 2 heterocycles. The second kappa shape index (κ2) is 4.07. The van der Waals surface area contributed by atoms with Gasteiger partial charge in [0.05, 0.1) is 5.39 Å². The van der Waals surface area contributed by atoms with Crippen molar-refractivity contribution in [1.82, 2.24) is 9.97 Å². The molecular weight excluding hydrogens is 266 g/mol. The van der Waals surface area contributed by atoms with Crippen LogP contribution in [0.15, 0.2) is 12.4 Å². The fourth-order valence-electron chi connectivity index (χ4n) is 2.37. The van der Waals surface area contributed by atoms with Gasteiger partial charge in [0.15, 0.2) is 0 Å². The predicted molar refractivity (Wildman–Crippen MR) is 77.6 cm³/mol. The smallest absolute Gasteiger partial charge is 0.138 e. The first-order chi connectivity index (χ1) is 8.48. The quantitative estimate of drug-likeness (QED) is 0.851. The molecule has 5 heteroatoms. The summed E-state index contributed by atoms with van der Waals surface area (Å²) in [6.07, 6.45) is 2.62. The molecule has 2 unspecified atom stereocenters. The zero-order valence-corrected chi connectivity index (χ0v) is 12.3. The van der Waals surface area contributed by atoms with Crippen molar-refractivity contribution >= 4 is 39.0 Å². The fourth-order valence-corrected chi connectivity index (χ4v) is 3.55. The predicted octanol–water partition coefficient (Wildman–Crippen LogP) is 3.82. The maximum atomic E-state index is 6.25. The van der Waals surface area contributed by atoms with Gasteiger partial charge in [-0.1, -0.05) is 13.8 Å². The van der Waals surface area contributed by atoms with Crippen LogP contribution in [0.4, 0.5) is 5.82 Å². The Morgan fingerprint density at radius 2 is 2.22 bits per heavy atom. The molecule has 18 heavy (non-hydrogen) atoms. The van der Waals surface area contributed by atoms with Gasteiger partial charge < -0.3 is 5.32 Å². The third-order valence-corrected chi connectivity index (χ3v) is 5.61. The highest BCUT2D eigenvalue weighted by atomic mass is 35.5. The van der Waals surface area contributed by atoms with Crippen molar-refractivity contribution < 1.29 is 0 Å². The molecule has 0 bridgehead atoms. The number of alkyl halides is 1. The van der Waals surface area contributed by atoms with Crippen molar-refractivity contribution in [1.29, 1.82) is 0 Å². The van der Waals surface area contributed by atoms with Crippen LogP contribution in [0.5, 0.6) is 0 Å². The van der Waals surface area contributed by atoms with Crippen molar-refractivity contribution in [3.8, 4) is 0 Å². The summed E-state index contributed by atoms with van der Waals surface area (Å²) in [5.41, 5.74) is 0.115. The summed E-state index contributed by atoms with van der Waals surface area (Å²) in [5.74, 6) is 0.936. The van der Waals surface area contributed by atoms with Crippen LogP contribution in [0.2, 0.25) is 0 Å². The lowest BCUT2D eigenvalue weighted by Crippen LogP contribution is -2.54. The van der Waals surface area contributed by atoms with Gasteiger partial charge in [-0.25, -0.2) is 9.97 Å². The topological polar surface area (TPSA) is 37.8 Å². The summed E-state index contributed by atoms with van der Waals surface area (Å²) in [5, 5.41) is 4.89. The molecule has 0 amide bonds. The summed E-state index contributed by atoms with van der Waals surface area (Å²) >= 11 is 7.96. The van der Waals surface area contributed by atoms with Crippen LogP contribution in [0.3, 0.4) is 0 Å². The number of hydrogen-bond donors (Lipinski definition) is 1. The Kier molecular flexibility index (Phi) is 2.75. The molecule has 0 aromatic carbocycles. The van der Waals surface area contributed by atoms with Crippen molar-refractivity contribution in [3.05, 3.63) is 17.3 Å². The Morgan fingerprint density at radius 3 is 2.89 bits per heavy atom. The minimum absolute atomic E-state index is 0.115. The lowest BCUT2D eigenvalue weighted by Gasteiger charge is -2.49. The number of thiophene rings is 1. The van der Waals surface area contributed by atoms with Crippen LogP contribution >= 0.6 is 22.9 Å². The molecule has 0 saturated heterocycles. The van der Waals surface area contributed by atoms with Crippen molar-refractivity contribution in [2.75, 3.05) is 5.32 Å². The number of nitrogens with one attached hydrogen (secondary N) is 1. The van der Waals surface area contributed by atoms with Gasteiger partial charge in [0, 0.05) is 21.7 Å². The Morgan fingerprint density at radius 1 is 1.44 bits per heavy atom. The molecule has 2 aromatic rings. The van der Waals surface area contributed by atoms with Crippen molar-refractivity contribution in [2.45, 2.75) is 38.6 Å². The largest absolute Gasteiger partial charge is 0.366 e. The van der Waals surface area contributed by atoms with Crippen molar-refractivity contribution in [3.63, 3.8) is 0 Å². The van der Waals surface area contributed by atoms with Crippen LogP contribution in [-0.2, 0) is 0 Å². The second-order valence-corrected chi connectivity index (χ2v) is 7.28. The molecule has 1 N–H and O–H groups in total. The summed E-state index contributed by atoms with van der Waals surface area (Å²) in [4.78, 5) is 11.0. The third kappa shape index (κ3) is 1.79. The van der Waals surface area contributed by atoms with E-state index in [-0.39, 0.29) is 10.8 Å². The first-order valence-electron chi connectivity index (χ1n) is 6.10. The molecule has 1 aliphatic rings. The second-order valence-electron chi connectivity index (χ2n) is 5.52. The van der Waals surface area contributed by atoms with Crippen LogP contribution in [-0.4, -0.2) is 21.4 Å². The van der Waals surface area contributed by atoms with E-state index in [0.29, 0.717) is 6.04 Å². The number of aryl methyl sites for hydroxylation is 1. The average molecular weight is 282 g/mol. The van der Waals surface area contributed by atoms with Gasteiger partial charge in [-0.15, -0.1) is 22.9 Å². The van der Waals surface area contributed by atoms with Gasteiger partial charge in [0.1, 0.15) is 17.0 Å². The molecule has 96 valence electrons. The highest BCUT2D eigenvalue weighted by Gasteiger charge is 2.47. The maximum Gasteiger partial charge on any atom is 0.138 e. The molecule has 0 aliphatic heterocycles. The molecule has 2 aromatic heterocycles. The minimum atomic E-state index is 0.115. The van der Waals surface area contributed by atoms with E-state index in [9.17, 15) is 0 Å².